The fourth-order valence-corrected chi connectivity index (χ4v) is 9.30. The van der Waals surface area contributed by atoms with Gasteiger partial charge in [-0.25, -0.2) is 9.59 Å². The number of ether oxygens (including phenoxy) is 2. The Kier molecular flexibility index (Phi) is 9.25. The Morgan fingerprint density at radius 1 is 0.638 bits per heavy atom. The minimum atomic E-state index is -6.70. The highest BCUT2D eigenvalue weighted by Crippen LogP contribution is 2.68. The fraction of sp³-hybridized carbons (Fsp3) is 0.931. The van der Waals surface area contributed by atoms with Gasteiger partial charge in [0.1, 0.15) is 12.2 Å². The average molecular weight is 713 g/mol. The van der Waals surface area contributed by atoms with Gasteiger partial charge in [0.2, 0.25) is 0 Å². The lowest BCUT2D eigenvalue weighted by Gasteiger charge is -2.61. The van der Waals surface area contributed by atoms with Crippen LogP contribution in [0.2, 0.25) is 0 Å². The molecule has 3 unspecified atom stereocenters. The van der Waals surface area contributed by atoms with Crippen LogP contribution in [0.15, 0.2) is 0 Å². The zero-order chi connectivity index (χ0) is 36.0. The van der Waals surface area contributed by atoms with Gasteiger partial charge in [-0.1, -0.05) is 13.8 Å². The van der Waals surface area contributed by atoms with Crippen LogP contribution in [0, 0.1) is 40.4 Å². The van der Waals surface area contributed by atoms with Crippen LogP contribution in [-0.2, 0) is 19.1 Å². The first kappa shape index (κ1) is 37.8. The van der Waals surface area contributed by atoms with Gasteiger partial charge >= 0.3 is 48.0 Å². The highest BCUT2D eigenvalue weighted by molar-refractivity contribution is 5.79. The molecule has 0 aliphatic heterocycles. The van der Waals surface area contributed by atoms with Crippen molar-refractivity contribution in [1.29, 1.82) is 0 Å². The van der Waals surface area contributed by atoms with Gasteiger partial charge in [-0.15, -0.1) is 0 Å². The summed E-state index contributed by atoms with van der Waals surface area (Å²) in [5, 5.41) is 0. The Labute approximate surface area is 260 Å². The van der Waals surface area contributed by atoms with E-state index in [1.54, 1.807) is 0 Å². The maximum absolute atomic E-state index is 14.0. The normalized spacial score (nSPS) is 36.1. The second-order valence-corrected chi connectivity index (χ2v) is 14.1. The molecule has 47 heavy (non-hydrogen) atoms. The van der Waals surface area contributed by atoms with Gasteiger partial charge in [-0.3, -0.25) is 0 Å². The monoisotopic (exact) mass is 712 g/mol. The summed E-state index contributed by atoms with van der Waals surface area (Å²) in [5.74, 6) is -32.6. The molecule has 0 N–H and O–H groups in total. The topological polar surface area (TPSA) is 52.6 Å². The van der Waals surface area contributed by atoms with Crippen molar-refractivity contribution in [2.24, 2.45) is 40.4 Å². The molecule has 4 fully saturated rings. The van der Waals surface area contributed by atoms with Gasteiger partial charge in [0.15, 0.2) is 0 Å². The minimum Gasteiger partial charge on any atom is -0.458 e. The van der Waals surface area contributed by atoms with E-state index >= 15 is 0 Å². The standard InChI is InChI=1S/C29H34F14O4/c1-13(46-20(44)24(30,31)26(34,35)28(38,39)40)17-6-7-18-16-5-4-14-12-15(8-10-22(14,2)19(16)9-11-23(17,18)3)47-21(45)25(32,33)27(36,37)29(41,42)43/h13-19H,4-12H2,1-3H3/t13-,14+,15-,16?,17-,18?,19?,22+,23-/m1/s1. The molecule has 18 heteroatoms. The Balaban J connectivity index is 1.43. The Morgan fingerprint density at radius 3 is 1.66 bits per heavy atom. The maximum Gasteiger partial charge on any atom is 0.460 e. The van der Waals surface area contributed by atoms with Crippen molar-refractivity contribution >= 4 is 11.9 Å². The SMILES string of the molecule is C[C@@H](OC(=O)C(F)(F)C(F)(F)C(F)(F)F)[C@H]1CCC2C3CC[C@H]4C[C@H](OC(=O)C(F)(F)C(F)(F)C(F)(F)F)CC[C@]4(C)C3CC[C@@]21C. The highest BCUT2D eigenvalue weighted by atomic mass is 19.4. The summed E-state index contributed by atoms with van der Waals surface area (Å²) in [6, 6.07) is 0. The second kappa shape index (κ2) is 11.5. The summed E-state index contributed by atoms with van der Waals surface area (Å²) in [4.78, 5) is 23.8. The molecule has 0 aromatic rings. The smallest absolute Gasteiger partial charge is 0.458 e. The van der Waals surface area contributed by atoms with E-state index in [2.05, 4.69) is 9.47 Å². The molecule has 4 aliphatic carbocycles. The predicted molar refractivity (Wildman–Crippen MR) is 133 cm³/mol. The number of halogens is 14. The van der Waals surface area contributed by atoms with Crippen LogP contribution in [0.5, 0.6) is 0 Å². The van der Waals surface area contributed by atoms with E-state index in [4.69, 9.17) is 0 Å². The average Bonchev–Trinajstić information content (AvgIpc) is 3.29. The molecule has 0 heterocycles. The van der Waals surface area contributed by atoms with Crippen LogP contribution in [-0.4, -0.2) is 60.2 Å². The molecule has 4 aliphatic rings. The molecule has 9 atom stereocenters. The van der Waals surface area contributed by atoms with E-state index in [0.29, 0.717) is 38.5 Å². The third kappa shape index (κ3) is 5.76. The van der Waals surface area contributed by atoms with E-state index in [9.17, 15) is 71.1 Å². The minimum absolute atomic E-state index is 0.00665. The molecule has 0 aromatic carbocycles. The highest BCUT2D eigenvalue weighted by Gasteiger charge is 2.78. The van der Waals surface area contributed by atoms with Crippen molar-refractivity contribution in [2.75, 3.05) is 0 Å². The van der Waals surface area contributed by atoms with Crippen LogP contribution in [0.3, 0.4) is 0 Å². The van der Waals surface area contributed by atoms with Gasteiger partial charge in [-0.05, 0) is 99.2 Å². The van der Waals surface area contributed by atoms with Crippen molar-refractivity contribution in [3.8, 4) is 0 Å². The molecule has 0 radical (unpaired) electrons. The van der Waals surface area contributed by atoms with Crippen molar-refractivity contribution in [3.63, 3.8) is 0 Å². The first-order valence-corrected chi connectivity index (χ1v) is 15.1. The predicted octanol–water partition coefficient (Wildman–Crippen LogP) is 9.15. The molecular formula is C29H34F14O4. The van der Waals surface area contributed by atoms with Gasteiger partial charge in [0.05, 0.1) is 0 Å². The third-order valence-electron chi connectivity index (χ3n) is 11.8. The number of hydrogen-bond acceptors (Lipinski definition) is 4. The van der Waals surface area contributed by atoms with Gasteiger partial charge < -0.3 is 9.47 Å². The summed E-state index contributed by atoms with van der Waals surface area (Å²) < 4.78 is 193. The van der Waals surface area contributed by atoms with Crippen LogP contribution in [0.4, 0.5) is 61.5 Å². The molecule has 4 rings (SSSR count). The number of esters is 2. The molecule has 0 amide bonds. The zero-order valence-corrected chi connectivity index (χ0v) is 25.3. The summed E-state index contributed by atoms with van der Waals surface area (Å²) in [7, 11) is 0. The van der Waals surface area contributed by atoms with Gasteiger partial charge in [-0.2, -0.15) is 61.5 Å². The molecular weight excluding hydrogens is 678 g/mol. The van der Waals surface area contributed by atoms with Gasteiger partial charge in [0, 0.05) is 5.92 Å². The number of carbonyl (C=O) groups excluding carboxylic acids is 2. The fourth-order valence-electron chi connectivity index (χ4n) is 9.30. The van der Waals surface area contributed by atoms with Crippen molar-refractivity contribution in [2.45, 2.75) is 127 Å². The molecule has 272 valence electrons. The third-order valence-corrected chi connectivity index (χ3v) is 11.8. The Hall–Kier alpha value is -2.04. The molecule has 4 nitrogen and oxygen atoms in total. The van der Waals surface area contributed by atoms with Crippen LogP contribution in [0.25, 0.3) is 0 Å². The van der Waals surface area contributed by atoms with Crippen molar-refractivity contribution < 1.29 is 80.5 Å². The lowest BCUT2D eigenvalue weighted by Crippen LogP contribution is -2.58. The van der Waals surface area contributed by atoms with Crippen molar-refractivity contribution in [3.05, 3.63) is 0 Å². The van der Waals surface area contributed by atoms with E-state index in [1.807, 2.05) is 13.8 Å². The summed E-state index contributed by atoms with van der Waals surface area (Å²) in [6.07, 6.45) is -13.3. The summed E-state index contributed by atoms with van der Waals surface area (Å²) in [6.45, 7) is 4.92. The number of hydrogen-bond donors (Lipinski definition) is 0. The number of fused-ring (bicyclic) bond motifs is 5. The van der Waals surface area contributed by atoms with Crippen LogP contribution >= 0.6 is 0 Å². The largest absolute Gasteiger partial charge is 0.460 e. The summed E-state index contributed by atoms with van der Waals surface area (Å²) in [5.41, 5.74) is -1.15. The quantitative estimate of drug-likeness (QED) is 0.195. The number of carbonyl (C=O) groups is 2. The summed E-state index contributed by atoms with van der Waals surface area (Å²) >= 11 is 0. The van der Waals surface area contributed by atoms with E-state index in [-0.39, 0.29) is 42.9 Å². The van der Waals surface area contributed by atoms with E-state index < -0.39 is 76.9 Å². The first-order valence-electron chi connectivity index (χ1n) is 15.1. The van der Waals surface area contributed by atoms with Crippen LogP contribution < -0.4 is 0 Å². The Bertz CT molecular complexity index is 1220. The van der Waals surface area contributed by atoms with Crippen LogP contribution in [0.1, 0.15) is 78.6 Å². The molecule has 0 bridgehead atoms. The molecule has 0 aromatic heterocycles. The molecule has 0 spiro atoms. The van der Waals surface area contributed by atoms with E-state index in [0.717, 1.165) is 0 Å². The molecule has 0 saturated heterocycles. The lowest BCUT2D eigenvalue weighted by molar-refractivity contribution is -0.349. The maximum atomic E-state index is 14.0. The number of rotatable bonds is 7. The second-order valence-electron chi connectivity index (χ2n) is 14.1. The molecule has 4 saturated carbocycles. The number of alkyl halides is 14. The first-order chi connectivity index (χ1) is 21.1. The Morgan fingerprint density at radius 2 is 1.13 bits per heavy atom. The van der Waals surface area contributed by atoms with E-state index in [1.165, 1.54) is 6.92 Å². The van der Waals surface area contributed by atoms with Gasteiger partial charge in [0.25, 0.3) is 0 Å². The zero-order valence-electron chi connectivity index (χ0n) is 25.3. The van der Waals surface area contributed by atoms with Crippen molar-refractivity contribution in [1.82, 2.24) is 0 Å². The lowest BCUT2D eigenvalue weighted by atomic mass is 9.44.